The lowest BCUT2D eigenvalue weighted by Crippen LogP contribution is -2.18. The summed E-state index contributed by atoms with van der Waals surface area (Å²) in [6.07, 6.45) is 1.50. The Balaban J connectivity index is 2.12. The first-order chi connectivity index (χ1) is 9.08. The highest BCUT2D eigenvalue weighted by atomic mass is 35.5. The van der Waals surface area contributed by atoms with E-state index in [-0.39, 0.29) is 5.56 Å². The van der Waals surface area contributed by atoms with Gasteiger partial charge in [0.05, 0.1) is 23.3 Å². The first-order valence-electron chi connectivity index (χ1n) is 6.17. The highest BCUT2D eigenvalue weighted by molar-refractivity contribution is 6.33. The van der Waals surface area contributed by atoms with Crippen LogP contribution in [-0.2, 0) is 6.54 Å². The van der Waals surface area contributed by atoms with E-state index in [2.05, 4.69) is 24.1 Å². The molecule has 1 aromatic heterocycles. The molecule has 0 saturated carbocycles. The summed E-state index contributed by atoms with van der Waals surface area (Å²) in [5.74, 6) is 1.01. The van der Waals surface area contributed by atoms with Gasteiger partial charge < -0.3 is 9.73 Å². The van der Waals surface area contributed by atoms with Crippen LogP contribution in [0, 0.1) is 11.7 Å². The zero-order valence-corrected chi connectivity index (χ0v) is 11.7. The number of aromatic nitrogens is 1. The molecule has 0 unspecified atom stereocenters. The molecule has 0 atom stereocenters. The maximum absolute atomic E-state index is 13.7. The highest BCUT2D eigenvalue weighted by Crippen LogP contribution is 2.30. The van der Waals surface area contributed by atoms with E-state index < -0.39 is 5.82 Å². The van der Waals surface area contributed by atoms with E-state index in [1.165, 1.54) is 12.3 Å². The fourth-order valence-electron chi connectivity index (χ4n) is 1.71. The Morgan fingerprint density at radius 3 is 2.89 bits per heavy atom. The zero-order chi connectivity index (χ0) is 13.8. The lowest BCUT2D eigenvalue weighted by molar-refractivity contribution is 0.457. The minimum absolute atomic E-state index is 0.256. The summed E-state index contributed by atoms with van der Waals surface area (Å²) in [5.41, 5.74) is 0.256. The number of oxazole rings is 1. The van der Waals surface area contributed by atoms with Crippen molar-refractivity contribution in [1.82, 2.24) is 10.3 Å². The topological polar surface area (TPSA) is 38.1 Å². The predicted molar refractivity (Wildman–Crippen MR) is 73.5 cm³/mol. The van der Waals surface area contributed by atoms with Gasteiger partial charge in [0.2, 0.25) is 5.89 Å². The quantitative estimate of drug-likeness (QED) is 0.904. The monoisotopic (exact) mass is 282 g/mol. The Kier molecular flexibility index (Phi) is 4.56. The summed E-state index contributed by atoms with van der Waals surface area (Å²) in [6, 6.07) is 4.53. The average Bonchev–Trinajstić information content (AvgIpc) is 2.77. The van der Waals surface area contributed by atoms with Crippen molar-refractivity contribution in [2.24, 2.45) is 5.92 Å². The van der Waals surface area contributed by atoms with Crippen molar-refractivity contribution in [1.29, 1.82) is 0 Å². The summed E-state index contributed by atoms with van der Waals surface area (Å²) in [4.78, 5) is 4.12. The largest absolute Gasteiger partial charge is 0.439 e. The third-order valence-corrected chi connectivity index (χ3v) is 2.91. The van der Waals surface area contributed by atoms with E-state index in [1.807, 2.05) is 0 Å². The van der Waals surface area contributed by atoms with Crippen molar-refractivity contribution in [2.75, 3.05) is 6.54 Å². The molecule has 0 spiro atoms. The second kappa shape index (κ2) is 6.17. The van der Waals surface area contributed by atoms with Gasteiger partial charge in [-0.25, -0.2) is 9.37 Å². The fraction of sp³-hybridized carbons (Fsp3) is 0.357. The Morgan fingerprint density at radius 1 is 1.42 bits per heavy atom. The third kappa shape index (κ3) is 3.55. The molecule has 0 bridgehead atoms. The molecule has 102 valence electrons. The Labute approximate surface area is 116 Å². The molecule has 0 amide bonds. The third-order valence-electron chi connectivity index (χ3n) is 2.59. The fourth-order valence-corrected chi connectivity index (χ4v) is 1.96. The molecule has 0 aliphatic heterocycles. The van der Waals surface area contributed by atoms with Gasteiger partial charge in [0.1, 0.15) is 5.82 Å². The minimum atomic E-state index is -0.412. The van der Waals surface area contributed by atoms with Gasteiger partial charge >= 0.3 is 0 Å². The van der Waals surface area contributed by atoms with Crippen LogP contribution in [0.1, 0.15) is 19.7 Å². The van der Waals surface area contributed by atoms with Crippen molar-refractivity contribution in [3.8, 4) is 11.3 Å². The normalized spacial score (nSPS) is 11.2. The van der Waals surface area contributed by atoms with Gasteiger partial charge in [-0.15, -0.1) is 0 Å². The smallest absolute Gasteiger partial charge is 0.208 e. The molecule has 0 aliphatic carbocycles. The van der Waals surface area contributed by atoms with Gasteiger partial charge in [0.25, 0.3) is 0 Å². The molecule has 0 radical (unpaired) electrons. The van der Waals surface area contributed by atoms with Crippen LogP contribution in [0.15, 0.2) is 28.8 Å². The van der Waals surface area contributed by atoms with Crippen LogP contribution in [0.3, 0.4) is 0 Å². The van der Waals surface area contributed by atoms with Gasteiger partial charge in [0.15, 0.2) is 5.76 Å². The molecule has 1 N–H and O–H groups in total. The molecule has 0 aliphatic rings. The maximum atomic E-state index is 13.7. The Hall–Kier alpha value is -1.39. The zero-order valence-electron chi connectivity index (χ0n) is 10.9. The lowest BCUT2D eigenvalue weighted by Gasteiger charge is -2.04. The van der Waals surface area contributed by atoms with Crippen LogP contribution >= 0.6 is 11.6 Å². The van der Waals surface area contributed by atoms with E-state index >= 15 is 0 Å². The summed E-state index contributed by atoms with van der Waals surface area (Å²) < 4.78 is 19.2. The lowest BCUT2D eigenvalue weighted by atomic mass is 10.2. The van der Waals surface area contributed by atoms with Crippen LogP contribution in [0.4, 0.5) is 4.39 Å². The van der Waals surface area contributed by atoms with E-state index in [0.717, 1.165) is 6.54 Å². The van der Waals surface area contributed by atoms with E-state index in [1.54, 1.807) is 12.1 Å². The van der Waals surface area contributed by atoms with Gasteiger partial charge in [-0.3, -0.25) is 0 Å². The molecule has 19 heavy (non-hydrogen) atoms. The summed E-state index contributed by atoms with van der Waals surface area (Å²) in [7, 11) is 0. The number of nitrogens with one attached hydrogen (secondary N) is 1. The Morgan fingerprint density at radius 2 is 2.21 bits per heavy atom. The minimum Gasteiger partial charge on any atom is -0.439 e. The molecule has 0 saturated heterocycles. The van der Waals surface area contributed by atoms with E-state index in [4.69, 9.17) is 16.0 Å². The van der Waals surface area contributed by atoms with E-state index in [9.17, 15) is 4.39 Å². The van der Waals surface area contributed by atoms with E-state index in [0.29, 0.717) is 29.1 Å². The molecular weight excluding hydrogens is 267 g/mol. The molecular formula is C14H16ClFN2O. The second-order valence-corrected chi connectivity index (χ2v) is 5.15. The molecule has 2 aromatic rings. The molecule has 3 nitrogen and oxygen atoms in total. The van der Waals surface area contributed by atoms with Crippen LogP contribution in [-0.4, -0.2) is 11.5 Å². The van der Waals surface area contributed by atoms with Crippen molar-refractivity contribution in [2.45, 2.75) is 20.4 Å². The van der Waals surface area contributed by atoms with Crippen LogP contribution in [0.2, 0.25) is 5.02 Å². The first kappa shape index (κ1) is 14.0. The molecule has 1 heterocycles. The number of halogens is 2. The number of hydrogen-bond donors (Lipinski definition) is 1. The molecule has 1 aromatic carbocycles. The van der Waals surface area contributed by atoms with Crippen molar-refractivity contribution in [3.05, 3.63) is 41.1 Å². The SMILES string of the molecule is CC(C)CNCc1ncc(-c2c(F)cccc2Cl)o1. The van der Waals surface area contributed by atoms with Crippen LogP contribution < -0.4 is 5.32 Å². The van der Waals surface area contributed by atoms with Gasteiger partial charge in [-0.05, 0) is 24.6 Å². The molecule has 2 rings (SSSR count). The number of benzene rings is 1. The summed E-state index contributed by atoms with van der Waals surface area (Å²) in [6.45, 7) is 5.63. The van der Waals surface area contributed by atoms with Crippen molar-refractivity contribution >= 4 is 11.6 Å². The molecule has 0 fully saturated rings. The van der Waals surface area contributed by atoms with Crippen LogP contribution in [0.5, 0.6) is 0 Å². The van der Waals surface area contributed by atoms with Gasteiger partial charge in [0, 0.05) is 0 Å². The Bertz CT molecular complexity index is 534. The van der Waals surface area contributed by atoms with Gasteiger partial charge in [-0.2, -0.15) is 0 Å². The first-order valence-corrected chi connectivity index (χ1v) is 6.55. The molecule has 5 heteroatoms. The van der Waals surface area contributed by atoms with Gasteiger partial charge in [-0.1, -0.05) is 31.5 Å². The number of hydrogen-bond acceptors (Lipinski definition) is 3. The summed E-state index contributed by atoms with van der Waals surface area (Å²) >= 11 is 5.98. The standard InChI is InChI=1S/C14H16ClFN2O/c1-9(2)6-17-8-13-18-7-12(19-13)14-10(15)4-3-5-11(14)16/h3-5,7,9,17H,6,8H2,1-2H3. The summed E-state index contributed by atoms with van der Waals surface area (Å²) in [5, 5.41) is 3.53. The predicted octanol–water partition coefficient (Wildman–Crippen LogP) is 3.88. The number of nitrogens with zero attached hydrogens (tertiary/aromatic N) is 1. The van der Waals surface area contributed by atoms with Crippen LogP contribution in [0.25, 0.3) is 11.3 Å². The van der Waals surface area contributed by atoms with Crippen molar-refractivity contribution in [3.63, 3.8) is 0 Å². The van der Waals surface area contributed by atoms with Crippen molar-refractivity contribution < 1.29 is 8.81 Å². The maximum Gasteiger partial charge on any atom is 0.208 e. The number of rotatable bonds is 5. The highest BCUT2D eigenvalue weighted by Gasteiger charge is 2.14. The average molecular weight is 283 g/mol. The second-order valence-electron chi connectivity index (χ2n) is 4.74.